The number of thiocarbonyl (C=S) groups is 1. The Hall–Kier alpha value is -1.70. The molecule has 0 radical (unpaired) electrons. The highest BCUT2D eigenvalue weighted by Crippen LogP contribution is 2.09. The predicted octanol–water partition coefficient (Wildman–Crippen LogP) is 1.58. The Morgan fingerprint density at radius 3 is 1.81 bits per heavy atom. The average molecular weight is 319 g/mol. The standard InChI is InChI=1S/C13H21NO6S/c1-6-18-10(15)8(11(16)19-7-2)9(21)14-12(17)20-13(3,4)5/h8H,6-7H2,1-5H3,(H,14,17,21). The van der Waals surface area contributed by atoms with Gasteiger partial charge in [0.15, 0.2) is 0 Å². The van der Waals surface area contributed by atoms with Gasteiger partial charge in [-0.2, -0.15) is 0 Å². The van der Waals surface area contributed by atoms with Gasteiger partial charge in [-0.25, -0.2) is 4.79 Å². The van der Waals surface area contributed by atoms with Gasteiger partial charge in [-0.1, -0.05) is 12.2 Å². The third kappa shape index (κ3) is 7.60. The van der Waals surface area contributed by atoms with Crippen LogP contribution in [0.15, 0.2) is 0 Å². The van der Waals surface area contributed by atoms with E-state index in [1.807, 2.05) is 0 Å². The molecule has 0 aromatic rings. The van der Waals surface area contributed by atoms with Crippen LogP contribution in [-0.4, -0.2) is 41.8 Å². The summed E-state index contributed by atoms with van der Waals surface area (Å²) in [6, 6.07) is 0. The number of carbonyl (C=O) groups is 3. The van der Waals surface area contributed by atoms with Gasteiger partial charge in [0.2, 0.25) is 5.92 Å². The predicted molar refractivity (Wildman–Crippen MR) is 78.7 cm³/mol. The molecule has 0 bridgehead atoms. The normalized spacial score (nSPS) is 10.8. The first-order chi connectivity index (χ1) is 9.62. The van der Waals surface area contributed by atoms with E-state index in [-0.39, 0.29) is 18.2 Å². The van der Waals surface area contributed by atoms with Crippen LogP contribution in [0.25, 0.3) is 0 Å². The Morgan fingerprint density at radius 2 is 1.48 bits per heavy atom. The van der Waals surface area contributed by atoms with Crippen molar-refractivity contribution in [2.45, 2.75) is 40.2 Å². The molecule has 0 saturated carbocycles. The van der Waals surface area contributed by atoms with E-state index in [1.54, 1.807) is 34.6 Å². The van der Waals surface area contributed by atoms with Gasteiger partial charge in [-0.3, -0.25) is 14.9 Å². The van der Waals surface area contributed by atoms with Gasteiger partial charge in [-0.15, -0.1) is 0 Å². The summed E-state index contributed by atoms with van der Waals surface area (Å²) in [5.74, 6) is -3.25. The molecule has 0 saturated heterocycles. The van der Waals surface area contributed by atoms with Crippen molar-refractivity contribution in [1.82, 2.24) is 5.32 Å². The molecule has 0 aliphatic carbocycles. The van der Waals surface area contributed by atoms with Crippen LogP contribution in [-0.2, 0) is 23.8 Å². The minimum atomic E-state index is -1.49. The van der Waals surface area contributed by atoms with E-state index in [9.17, 15) is 14.4 Å². The van der Waals surface area contributed by atoms with E-state index in [0.717, 1.165) is 0 Å². The summed E-state index contributed by atoms with van der Waals surface area (Å²) in [6.07, 6.45) is -0.855. The number of hydrogen-bond acceptors (Lipinski definition) is 7. The van der Waals surface area contributed by atoms with Crippen molar-refractivity contribution in [3.63, 3.8) is 0 Å². The monoisotopic (exact) mass is 319 g/mol. The largest absolute Gasteiger partial charge is 0.465 e. The molecule has 0 heterocycles. The number of amides is 1. The van der Waals surface area contributed by atoms with Crippen LogP contribution in [0.1, 0.15) is 34.6 Å². The minimum absolute atomic E-state index is 0.0732. The van der Waals surface area contributed by atoms with Crippen LogP contribution >= 0.6 is 12.2 Å². The number of rotatable bonds is 5. The van der Waals surface area contributed by atoms with Crippen molar-refractivity contribution in [2.24, 2.45) is 5.92 Å². The number of ether oxygens (including phenoxy) is 3. The van der Waals surface area contributed by atoms with Gasteiger partial charge in [0, 0.05) is 0 Å². The molecule has 0 rings (SSSR count). The van der Waals surface area contributed by atoms with E-state index >= 15 is 0 Å². The lowest BCUT2D eigenvalue weighted by Gasteiger charge is -2.21. The maximum atomic E-state index is 11.8. The second kappa shape index (κ2) is 8.56. The Bertz CT molecular complexity index is 397. The van der Waals surface area contributed by atoms with E-state index < -0.39 is 29.6 Å². The summed E-state index contributed by atoms with van der Waals surface area (Å²) < 4.78 is 14.5. The molecule has 1 amide bonds. The van der Waals surface area contributed by atoms with Crippen molar-refractivity contribution in [3.8, 4) is 0 Å². The topological polar surface area (TPSA) is 90.9 Å². The number of nitrogens with one attached hydrogen (secondary N) is 1. The van der Waals surface area contributed by atoms with Crippen LogP contribution in [0.4, 0.5) is 4.79 Å². The van der Waals surface area contributed by atoms with Gasteiger partial charge in [0.05, 0.1) is 13.2 Å². The Kier molecular flexibility index (Phi) is 7.86. The molecule has 8 heteroatoms. The molecule has 0 spiro atoms. The number of alkyl carbamates (subject to hydrolysis) is 1. The quantitative estimate of drug-likeness (QED) is 0.356. The molecule has 1 N–H and O–H groups in total. The van der Waals surface area contributed by atoms with E-state index in [4.69, 9.17) is 26.4 Å². The fourth-order valence-corrected chi connectivity index (χ4v) is 1.51. The van der Waals surface area contributed by atoms with Crippen LogP contribution in [0, 0.1) is 5.92 Å². The van der Waals surface area contributed by atoms with Crippen molar-refractivity contribution >= 4 is 35.2 Å². The van der Waals surface area contributed by atoms with Crippen LogP contribution in [0.3, 0.4) is 0 Å². The molecule has 0 aliphatic heterocycles. The van der Waals surface area contributed by atoms with Crippen molar-refractivity contribution in [2.75, 3.05) is 13.2 Å². The summed E-state index contributed by atoms with van der Waals surface area (Å²) in [4.78, 5) is 34.8. The highest BCUT2D eigenvalue weighted by atomic mass is 32.1. The van der Waals surface area contributed by atoms with Gasteiger partial charge in [-0.05, 0) is 34.6 Å². The number of carbonyl (C=O) groups excluding carboxylic acids is 3. The fourth-order valence-electron chi connectivity index (χ4n) is 1.24. The smallest absolute Gasteiger partial charge is 0.412 e. The molecule has 120 valence electrons. The lowest BCUT2D eigenvalue weighted by molar-refractivity contribution is -0.157. The van der Waals surface area contributed by atoms with Crippen LogP contribution in [0.5, 0.6) is 0 Å². The zero-order valence-electron chi connectivity index (χ0n) is 12.8. The number of hydrogen-bond donors (Lipinski definition) is 1. The summed E-state index contributed by atoms with van der Waals surface area (Å²) in [5, 5.41) is 2.18. The SMILES string of the molecule is CCOC(=O)C(C(=O)OCC)C(=S)NC(=O)OC(C)(C)C. The van der Waals surface area contributed by atoms with Gasteiger partial charge >= 0.3 is 18.0 Å². The zero-order chi connectivity index (χ0) is 16.6. The average Bonchev–Trinajstić information content (AvgIpc) is 2.26. The zero-order valence-corrected chi connectivity index (χ0v) is 13.7. The second-order valence-electron chi connectivity index (χ2n) is 4.93. The summed E-state index contributed by atoms with van der Waals surface area (Å²) >= 11 is 4.91. The molecule has 21 heavy (non-hydrogen) atoms. The van der Waals surface area contributed by atoms with E-state index in [2.05, 4.69) is 5.32 Å². The molecule has 7 nitrogen and oxygen atoms in total. The molecular formula is C13H21NO6S. The fraction of sp³-hybridized carbons (Fsp3) is 0.692. The first-order valence-corrected chi connectivity index (χ1v) is 6.90. The first kappa shape index (κ1) is 19.3. The Labute approximate surface area is 129 Å². The van der Waals surface area contributed by atoms with Crippen molar-refractivity contribution < 1.29 is 28.6 Å². The lowest BCUT2D eigenvalue weighted by atomic mass is 10.1. The maximum Gasteiger partial charge on any atom is 0.412 e. The summed E-state index contributed by atoms with van der Waals surface area (Å²) in [7, 11) is 0. The third-order valence-corrected chi connectivity index (χ3v) is 2.27. The van der Waals surface area contributed by atoms with E-state index in [1.165, 1.54) is 0 Å². The summed E-state index contributed by atoms with van der Waals surface area (Å²) in [5.41, 5.74) is -0.733. The van der Waals surface area contributed by atoms with Crippen molar-refractivity contribution in [3.05, 3.63) is 0 Å². The maximum absolute atomic E-state index is 11.8. The first-order valence-electron chi connectivity index (χ1n) is 6.49. The molecule has 0 aromatic carbocycles. The van der Waals surface area contributed by atoms with Gasteiger partial charge in [0.25, 0.3) is 0 Å². The second-order valence-corrected chi connectivity index (χ2v) is 5.37. The van der Waals surface area contributed by atoms with Gasteiger partial charge < -0.3 is 14.2 Å². The van der Waals surface area contributed by atoms with E-state index in [0.29, 0.717) is 0 Å². The van der Waals surface area contributed by atoms with Crippen LogP contribution in [0.2, 0.25) is 0 Å². The Morgan fingerprint density at radius 1 is 1.05 bits per heavy atom. The van der Waals surface area contributed by atoms with Gasteiger partial charge in [0.1, 0.15) is 10.6 Å². The number of esters is 2. The molecular weight excluding hydrogens is 298 g/mol. The molecule has 0 unspecified atom stereocenters. The Balaban J connectivity index is 4.91. The molecule has 0 aromatic heterocycles. The minimum Gasteiger partial charge on any atom is -0.465 e. The highest BCUT2D eigenvalue weighted by molar-refractivity contribution is 7.80. The van der Waals surface area contributed by atoms with Crippen molar-refractivity contribution in [1.29, 1.82) is 0 Å². The molecule has 0 fully saturated rings. The lowest BCUT2D eigenvalue weighted by Crippen LogP contribution is -2.44. The molecule has 0 aliphatic rings. The van der Waals surface area contributed by atoms with Crippen LogP contribution < -0.4 is 5.32 Å². The third-order valence-electron chi connectivity index (χ3n) is 1.93. The summed E-state index contributed by atoms with van der Waals surface area (Å²) in [6.45, 7) is 8.33. The highest BCUT2D eigenvalue weighted by Gasteiger charge is 2.35. The molecule has 0 atom stereocenters.